The molecule has 1 aromatic carbocycles. The van der Waals surface area contributed by atoms with Crippen molar-refractivity contribution >= 4 is 0 Å². The van der Waals surface area contributed by atoms with Crippen LogP contribution >= 0.6 is 0 Å². The highest BCUT2D eigenvalue weighted by Crippen LogP contribution is 2.38. The van der Waals surface area contributed by atoms with Crippen LogP contribution in [0.5, 0.6) is 5.75 Å². The molecule has 82 valence electrons. The summed E-state index contributed by atoms with van der Waals surface area (Å²) in [5.74, 6) is 1.09. The molecule has 0 saturated carbocycles. The molecule has 0 aromatic heterocycles. The van der Waals surface area contributed by atoms with Gasteiger partial charge in [-0.15, -0.1) is 0 Å². The summed E-state index contributed by atoms with van der Waals surface area (Å²) in [6.45, 7) is 6.40. The van der Waals surface area contributed by atoms with Gasteiger partial charge in [0, 0.05) is 18.0 Å². The lowest BCUT2D eigenvalue weighted by Crippen LogP contribution is -2.30. The zero-order valence-corrected chi connectivity index (χ0v) is 9.92. The number of aryl methyl sites for hydroxylation is 2. The van der Waals surface area contributed by atoms with E-state index in [9.17, 15) is 0 Å². The van der Waals surface area contributed by atoms with Crippen LogP contribution in [0.3, 0.4) is 0 Å². The Bertz CT molecular complexity index is 373. The van der Waals surface area contributed by atoms with Gasteiger partial charge in [-0.3, -0.25) is 0 Å². The van der Waals surface area contributed by atoms with E-state index in [4.69, 9.17) is 4.74 Å². The van der Waals surface area contributed by atoms with Gasteiger partial charge in [-0.2, -0.15) is 0 Å². The highest BCUT2D eigenvalue weighted by Gasteiger charge is 2.27. The molecule has 1 aliphatic rings. The number of ether oxygens (including phenoxy) is 1. The fourth-order valence-corrected chi connectivity index (χ4v) is 2.36. The van der Waals surface area contributed by atoms with Crippen molar-refractivity contribution in [1.29, 1.82) is 0 Å². The van der Waals surface area contributed by atoms with E-state index in [2.05, 4.69) is 38.2 Å². The molecule has 0 amide bonds. The number of fused-ring (bicyclic) bond motifs is 1. The number of nitrogens with one attached hydrogen (secondary N) is 1. The van der Waals surface area contributed by atoms with Crippen molar-refractivity contribution in [2.24, 2.45) is 0 Å². The van der Waals surface area contributed by atoms with Crippen LogP contribution in [0.15, 0.2) is 12.1 Å². The van der Waals surface area contributed by atoms with Gasteiger partial charge in [0.25, 0.3) is 0 Å². The predicted molar refractivity (Wildman–Crippen MR) is 62.4 cm³/mol. The molecular weight excluding hydrogens is 186 g/mol. The van der Waals surface area contributed by atoms with Gasteiger partial charge in [-0.05, 0) is 38.9 Å². The fraction of sp³-hybridized carbons (Fsp3) is 0.538. The van der Waals surface area contributed by atoms with Crippen LogP contribution in [0.25, 0.3) is 0 Å². The molecule has 0 spiro atoms. The fourth-order valence-electron chi connectivity index (χ4n) is 2.36. The van der Waals surface area contributed by atoms with Crippen molar-refractivity contribution < 1.29 is 4.74 Å². The van der Waals surface area contributed by atoms with Crippen molar-refractivity contribution in [3.8, 4) is 5.75 Å². The topological polar surface area (TPSA) is 21.3 Å². The highest BCUT2D eigenvalue weighted by atomic mass is 16.5. The van der Waals surface area contributed by atoms with Crippen molar-refractivity contribution in [3.05, 3.63) is 28.8 Å². The van der Waals surface area contributed by atoms with Gasteiger partial charge in [0.15, 0.2) is 0 Å². The summed E-state index contributed by atoms with van der Waals surface area (Å²) >= 11 is 0. The van der Waals surface area contributed by atoms with Crippen LogP contribution in [-0.2, 0) is 0 Å². The number of hydrogen-bond acceptors (Lipinski definition) is 2. The SMILES string of the molecule is CNC1CC(C)Oc2c(C)ccc(C)c21. The third kappa shape index (κ3) is 1.74. The van der Waals surface area contributed by atoms with Gasteiger partial charge < -0.3 is 10.1 Å². The third-order valence-electron chi connectivity index (χ3n) is 3.19. The van der Waals surface area contributed by atoms with E-state index in [1.807, 2.05) is 7.05 Å². The van der Waals surface area contributed by atoms with E-state index in [1.165, 1.54) is 16.7 Å². The summed E-state index contributed by atoms with van der Waals surface area (Å²) < 4.78 is 5.94. The molecule has 2 atom stereocenters. The Kier molecular flexibility index (Phi) is 2.70. The molecule has 1 aromatic rings. The summed E-state index contributed by atoms with van der Waals surface area (Å²) in [7, 11) is 2.02. The first kappa shape index (κ1) is 10.5. The molecule has 2 rings (SSSR count). The highest BCUT2D eigenvalue weighted by molar-refractivity contribution is 5.48. The number of benzene rings is 1. The van der Waals surface area contributed by atoms with Gasteiger partial charge >= 0.3 is 0 Å². The Balaban J connectivity index is 2.54. The van der Waals surface area contributed by atoms with Crippen LogP contribution in [0.1, 0.15) is 36.1 Å². The van der Waals surface area contributed by atoms with E-state index < -0.39 is 0 Å². The van der Waals surface area contributed by atoms with Gasteiger partial charge in [0.1, 0.15) is 5.75 Å². The predicted octanol–water partition coefficient (Wildman–Crippen LogP) is 2.73. The molecule has 0 saturated heterocycles. The summed E-state index contributed by atoms with van der Waals surface area (Å²) in [5.41, 5.74) is 3.90. The van der Waals surface area contributed by atoms with Gasteiger partial charge in [0.05, 0.1) is 6.10 Å². The minimum atomic E-state index is 0.301. The Morgan fingerprint density at radius 1 is 1.27 bits per heavy atom. The first-order valence-corrected chi connectivity index (χ1v) is 5.57. The Morgan fingerprint density at radius 2 is 1.93 bits per heavy atom. The second-order valence-corrected chi connectivity index (χ2v) is 4.45. The Hall–Kier alpha value is -1.02. The minimum absolute atomic E-state index is 0.301. The molecule has 1 N–H and O–H groups in total. The maximum absolute atomic E-state index is 5.94. The second-order valence-electron chi connectivity index (χ2n) is 4.45. The second kappa shape index (κ2) is 3.86. The van der Waals surface area contributed by atoms with Crippen LogP contribution < -0.4 is 10.1 Å². The molecule has 2 unspecified atom stereocenters. The lowest BCUT2D eigenvalue weighted by molar-refractivity contribution is 0.167. The molecule has 0 radical (unpaired) electrons. The summed E-state index contributed by atoms with van der Waals surface area (Å²) in [4.78, 5) is 0. The molecule has 2 nitrogen and oxygen atoms in total. The van der Waals surface area contributed by atoms with Crippen LogP contribution in [0.2, 0.25) is 0 Å². The Labute approximate surface area is 91.6 Å². The normalized spacial score (nSPS) is 24.5. The van der Waals surface area contributed by atoms with Crippen LogP contribution in [0.4, 0.5) is 0 Å². The minimum Gasteiger partial charge on any atom is -0.490 e. The lowest BCUT2D eigenvalue weighted by atomic mass is 9.91. The monoisotopic (exact) mass is 205 g/mol. The molecule has 2 heteroatoms. The molecule has 15 heavy (non-hydrogen) atoms. The van der Waals surface area contributed by atoms with E-state index >= 15 is 0 Å². The average Bonchev–Trinajstić information content (AvgIpc) is 2.22. The quantitative estimate of drug-likeness (QED) is 0.761. The maximum atomic E-state index is 5.94. The van der Waals surface area contributed by atoms with E-state index in [0.717, 1.165) is 12.2 Å². The molecule has 1 aliphatic heterocycles. The lowest BCUT2D eigenvalue weighted by Gasteiger charge is -2.32. The molecular formula is C13H19NO. The first-order valence-electron chi connectivity index (χ1n) is 5.57. The molecule has 0 fully saturated rings. The van der Waals surface area contributed by atoms with Gasteiger partial charge in [-0.1, -0.05) is 12.1 Å². The van der Waals surface area contributed by atoms with Gasteiger partial charge in [0.2, 0.25) is 0 Å². The zero-order valence-electron chi connectivity index (χ0n) is 9.92. The van der Waals surface area contributed by atoms with E-state index in [-0.39, 0.29) is 0 Å². The van der Waals surface area contributed by atoms with Crippen molar-refractivity contribution in [2.45, 2.75) is 39.3 Å². The maximum Gasteiger partial charge on any atom is 0.127 e. The average molecular weight is 205 g/mol. The summed E-state index contributed by atoms with van der Waals surface area (Å²) in [5, 5.41) is 3.38. The first-order chi connectivity index (χ1) is 7.13. The largest absolute Gasteiger partial charge is 0.490 e. The van der Waals surface area contributed by atoms with Crippen LogP contribution in [-0.4, -0.2) is 13.2 Å². The molecule has 0 bridgehead atoms. The zero-order chi connectivity index (χ0) is 11.0. The third-order valence-corrected chi connectivity index (χ3v) is 3.19. The number of rotatable bonds is 1. The van der Waals surface area contributed by atoms with Crippen molar-refractivity contribution in [3.63, 3.8) is 0 Å². The van der Waals surface area contributed by atoms with Crippen molar-refractivity contribution in [1.82, 2.24) is 5.32 Å². The smallest absolute Gasteiger partial charge is 0.127 e. The van der Waals surface area contributed by atoms with Crippen molar-refractivity contribution in [2.75, 3.05) is 7.05 Å². The van der Waals surface area contributed by atoms with E-state index in [0.29, 0.717) is 12.1 Å². The van der Waals surface area contributed by atoms with Gasteiger partial charge in [-0.25, -0.2) is 0 Å². The standard InChI is InChI=1S/C13H19NO/c1-8-5-6-9(2)13-12(8)11(14-4)7-10(3)15-13/h5-6,10-11,14H,7H2,1-4H3. The summed E-state index contributed by atoms with van der Waals surface area (Å²) in [6.07, 6.45) is 1.35. The molecule has 1 heterocycles. The number of hydrogen-bond donors (Lipinski definition) is 1. The Morgan fingerprint density at radius 3 is 2.60 bits per heavy atom. The molecule has 0 aliphatic carbocycles. The van der Waals surface area contributed by atoms with E-state index in [1.54, 1.807) is 0 Å². The van der Waals surface area contributed by atoms with Crippen LogP contribution in [0, 0.1) is 13.8 Å². The summed E-state index contributed by atoms with van der Waals surface area (Å²) in [6, 6.07) is 4.75.